The second kappa shape index (κ2) is 7.36. The van der Waals surface area contributed by atoms with Crippen LogP contribution in [-0.4, -0.2) is 16.1 Å². The van der Waals surface area contributed by atoms with Crippen molar-refractivity contribution in [1.29, 1.82) is 0 Å². The quantitative estimate of drug-likeness (QED) is 0.506. The number of anilines is 4. The van der Waals surface area contributed by atoms with E-state index in [9.17, 15) is 0 Å². The average Bonchev–Trinajstić information content (AvgIpc) is 3.09. The maximum absolute atomic E-state index is 4.77. The molecule has 2 aromatic carbocycles. The van der Waals surface area contributed by atoms with Crippen LogP contribution in [-0.2, 0) is 0 Å². The number of rotatable bonds is 3. The Labute approximate surface area is 172 Å². The summed E-state index contributed by atoms with van der Waals surface area (Å²) in [4.78, 5) is 14.2. The molecule has 4 heteroatoms. The first-order valence-electron chi connectivity index (χ1n) is 10.5. The van der Waals surface area contributed by atoms with Gasteiger partial charge in [-0.05, 0) is 54.5 Å². The Morgan fingerprint density at radius 1 is 0.759 bits per heavy atom. The number of fused-ring (bicyclic) bond motifs is 5. The molecule has 0 saturated carbocycles. The molecule has 4 nitrogen and oxygen atoms in total. The third-order valence-electron chi connectivity index (χ3n) is 6.23. The van der Waals surface area contributed by atoms with Gasteiger partial charge in [0.2, 0.25) is 0 Å². The lowest BCUT2D eigenvalue weighted by atomic mass is 9.80. The highest BCUT2D eigenvalue weighted by atomic mass is 15.5. The zero-order chi connectivity index (χ0) is 19.8. The first-order valence-corrected chi connectivity index (χ1v) is 10.5. The Morgan fingerprint density at radius 2 is 1.45 bits per heavy atom. The molecule has 0 amide bonds. The zero-order valence-electron chi connectivity index (χ0n) is 16.9. The Hall–Kier alpha value is -3.14. The summed E-state index contributed by atoms with van der Waals surface area (Å²) in [5, 5.41) is 0. The lowest BCUT2D eigenvalue weighted by Gasteiger charge is -2.36. The van der Waals surface area contributed by atoms with Crippen molar-refractivity contribution < 1.29 is 0 Å². The lowest BCUT2D eigenvalue weighted by Crippen LogP contribution is -2.38. The summed E-state index contributed by atoms with van der Waals surface area (Å²) in [7, 11) is 0. The van der Waals surface area contributed by atoms with Crippen molar-refractivity contribution >= 4 is 23.0 Å². The minimum Gasteiger partial charge on any atom is -0.298 e. The van der Waals surface area contributed by atoms with Gasteiger partial charge in [-0.2, -0.15) is 0 Å². The molecule has 29 heavy (non-hydrogen) atoms. The van der Waals surface area contributed by atoms with Crippen LogP contribution >= 0.6 is 0 Å². The summed E-state index contributed by atoms with van der Waals surface area (Å²) in [5.41, 5.74) is 3.78. The van der Waals surface area contributed by atoms with Crippen LogP contribution in [0.4, 0.5) is 23.0 Å². The molecular formula is C25H26N4. The SMILES string of the molecule is CCC1C=CC2N(c3ccccc3)c3nccnc3N2c2ccccc2C1CC. The van der Waals surface area contributed by atoms with Crippen molar-refractivity contribution in [2.24, 2.45) is 5.92 Å². The molecule has 3 heterocycles. The van der Waals surface area contributed by atoms with Crippen molar-refractivity contribution in [2.75, 3.05) is 9.80 Å². The van der Waals surface area contributed by atoms with Crippen LogP contribution in [0, 0.1) is 5.92 Å². The molecule has 3 atom stereocenters. The molecule has 0 N–H and O–H groups in total. The number of aromatic nitrogens is 2. The van der Waals surface area contributed by atoms with Crippen molar-refractivity contribution in [3.05, 3.63) is 84.7 Å². The van der Waals surface area contributed by atoms with Crippen LogP contribution in [0.25, 0.3) is 0 Å². The summed E-state index contributed by atoms with van der Waals surface area (Å²) in [6.45, 7) is 4.59. The van der Waals surface area contributed by atoms with E-state index in [4.69, 9.17) is 9.97 Å². The van der Waals surface area contributed by atoms with Crippen LogP contribution in [0.2, 0.25) is 0 Å². The Kier molecular flexibility index (Phi) is 4.55. The molecule has 0 aliphatic carbocycles. The van der Waals surface area contributed by atoms with E-state index in [1.807, 2.05) is 0 Å². The summed E-state index contributed by atoms with van der Waals surface area (Å²) in [5.74, 6) is 2.85. The standard InChI is InChI=1S/C25H26N4/c1-3-18-14-15-23-28(19-10-6-5-7-11-19)24-25(27-17-16-26-24)29(23)22-13-9-8-12-21(22)20(18)4-2/h5-18,20,23H,3-4H2,1-2H3. The van der Waals surface area contributed by atoms with Gasteiger partial charge in [0.1, 0.15) is 6.17 Å². The molecule has 0 bridgehead atoms. The van der Waals surface area contributed by atoms with E-state index in [1.54, 1.807) is 12.4 Å². The molecule has 0 radical (unpaired) electrons. The summed E-state index contributed by atoms with van der Waals surface area (Å²) in [6.07, 6.45) is 10.6. The molecule has 0 fully saturated rings. The predicted octanol–water partition coefficient (Wildman–Crippen LogP) is 6.18. The fraction of sp³-hybridized carbons (Fsp3) is 0.280. The van der Waals surface area contributed by atoms with Crippen LogP contribution in [0.15, 0.2) is 79.1 Å². The monoisotopic (exact) mass is 382 g/mol. The van der Waals surface area contributed by atoms with Gasteiger partial charge in [-0.25, -0.2) is 9.97 Å². The second-order valence-corrected chi connectivity index (χ2v) is 7.72. The molecule has 2 aliphatic rings. The van der Waals surface area contributed by atoms with Gasteiger partial charge in [0.05, 0.1) is 0 Å². The van der Waals surface area contributed by atoms with E-state index >= 15 is 0 Å². The second-order valence-electron chi connectivity index (χ2n) is 7.72. The van der Waals surface area contributed by atoms with E-state index in [2.05, 4.69) is 90.4 Å². The van der Waals surface area contributed by atoms with E-state index in [0.717, 1.165) is 30.2 Å². The van der Waals surface area contributed by atoms with Crippen LogP contribution in [0.5, 0.6) is 0 Å². The third-order valence-corrected chi connectivity index (χ3v) is 6.23. The number of hydrogen-bond acceptors (Lipinski definition) is 4. The summed E-state index contributed by atoms with van der Waals surface area (Å²) >= 11 is 0. The van der Waals surface area contributed by atoms with Gasteiger partial charge in [0, 0.05) is 23.8 Å². The van der Waals surface area contributed by atoms with Crippen molar-refractivity contribution in [2.45, 2.75) is 38.8 Å². The van der Waals surface area contributed by atoms with Crippen molar-refractivity contribution in [1.82, 2.24) is 9.97 Å². The van der Waals surface area contributed by atoms with Gasteiger partial charge < -0.3 is 0 Å². The minimum absolute atomic E-state index is 0.0165. The molecule has 0 saturated heterocycles. The maximum Gasteiger partial charge on any atom is 0.178 e. The van der Waals surface area contributed by atoms with Crippen LogP contribution in [0.3, 0.4) is 0 Å². The van der Waals surface area contributed by atoms with Crippen molar-refractivity contribution in [3.63, 3.8) is 0 Å². The molecule has 5 rings (SSSR count). The Balaban J connectivity index is 1.76. The van der Waals surface area contributed by atoms with Gasteiger partial charge >= 0.3 is 0 Å². The van der Waals surface area contributed by atoms with Gasteiger partial charge in [-0.1, -0.05) is 56.3 Å². The summed E-state index contributed by atoms with van der Waals surface area (Å²) in [6, 6.07) is 19.3. The van der Waals surface area contributed by atoms with Crippen LogP contribution in [0.1, 0.15) is 38.2 Å². The van der Waals surface area contributed by atoms with E-state index in [-0.39, 0.29) is 6.17 Å². The molecule has 1 aromatic heterocycles. The first-order chi connectivity index (χ1) is 14.3. The van der Waals surface area contributed by atoms with Gasteiger partial charge in [0.25, 0.3) is 0 Å². The van der Waals surface area contributed by atoms with Crippen molar-refractivity contribution in [3.8, 4) is 0 Å². The number of benzene rings is 2. The van der Waals surface area contributed by atoms with Gasteiger partial charge in [-0.15, -0.1) is 0 Å². The number of allylic oxidation sites excluding steroid dienone is 1. The highest BCUT2D eigenvalue weighted by Crippen LogP contribution is 2.49. The molecule has 0 spiro atoms. The Bertz CT molecular complexity index is 1030. The smallest absolute Gasteiger partial charge is 0.178 e. The third kappa shape index (κ3) is 2.82. The zero-order valence-corrected chi connectivity index (χ0v) is 16.9. The number of hydrogen-bond donors (Lipinski definition) is 0. The van der Waals surface area contributed by atoms with Crippen LogP contribution < -0.4 is 9.80 Å². The van der Waals surface area contributed by atoms with E-state index in [0.29, 0.717) is 11.8 Å². The summed E-state index contributed by atoms with van der Waals surface area (Å²) < 4.78 is 0. The molecule has 3 aromatic rings. The number of para-hydroxylation sites is 2. The fourth-order valence-electron chi connectivity index (χ4n) is 4.89. The first kappa shape index (κ1) is 17.9. The Morgan fingerprint density at radius 3 is 2.17 bits per heavy atom. The van der Waals surface area contributed by atoms with Gasteiger partial charge in [-0.3, -0.25) is 9.80 Å². The largest absolute Gasteiger partial charge is 0.298 e. The molecule has 146 valence electrons. The lowest BCUT2D eigenvalue weighted by molar-refractivity contribution is 0.474. The van der Waals surface area contributed by atoms with Gasteiger partial charge in [0.15, 0.2) is 11.6 Å². The highest BCUT2D eigenvalue weighted by molar-refractivity contribution is 5.85. The molecular weight excluding hydrogens is 356 g/mol. The molecule has 2 aliphatic heterocycles. The maximum atomic E-state index is 4.77. The minimum atomic E-state index is 0.0165. The van der Waals surface area contributed by atoms with E-state index < -0.39 is 0 Å². The fourth-order valence-corrected chi connectivity index (χ4v) is 4.89. The normalized spacial score (nSPS) is 22.5. The topological polar surface area (TPSA) is 32.3 Å². The predicted molar refractivity (Wildman–Crippen MR) is 119 cm³/mol. The number of nitrogens with zero attached hydrogens (tertiary/aromatic N) is 4. The highest BCUT2D eigenvalue weighted by Gasteiger charge is 2.41. The molecule has 3 unspecified atom stereocenters. The van der Waals surface area contributed by atoms with E-state index in [1.165, 1.54) is 11.3 Å². The average molecular weight is 383 g/mol.